The zero-order chi connectivity index (χ0) is 13.2. The topological polar surface area (TPSA) is 38.9 Å². The molecule has 1 heterocycles. The number of nitrogens with zero attached hydrogens (tertiary/aromatic N) is 2. The van der Waals surface area contributed by atoms with E-state index in [1.54, 1.807) is 0 Å². The van der Waals surface area contributed by atoms with Gasteiger partial charge in [0.15, 0.2) is 5.76 Å². The Morgan fingerprint density at radius 2 is 1.26 bits per heavy atom. The first-order valence-corrected chi connectivity index (χ1v) is 6.20. The SMILES string of the molecule is Cc1ccc(-c2nnoc2-c2ccc(C)cc2)cc1. The molecule has 3 rings (SSSR count). The molecular formula is C16H14N2O. The zero-order valence-corrected chi connectivity index (χ0v) is 10.9. The predicted molar refractivity (Wildman–Crippen MR) is 74.6 cm³/mol. The quantitative estimate of drug-likeness (QED) is 0.689. The lowest BCUT2D eigenvalue weighted by atomic mass is 10.0. The van der Waals surface area contributed by atoms with Crippen LogP contribution in [-0.4, -0.2) is 10.4 Å². The summed E-state index contributed by atoms with van der Waals surface area (Å²) in [5.41, 5.74) is 5.22. The molecule has 0 N–H and O–H groups in total. The number of hydrogen-bond donors (Lipinski definition) is 0. The Morgan fingerprint density at radius 1 is 0.737 bits per heavy atom. The van der Waals surface area contributed by atoms with E-state index in [1.807, 2.05) is 24.3 Å². The molecule has 0 fully saturated rings. The van der Waals surface area contributed by atoms with Crippen LogP contribution in [0, 0.1) is 13.8 Å². The second-order valence-electron chi connectivity index (χ2n) is 4.68. The maximum atomic E-state index is 5.31. The van der Waals surface area contributed by atoms with E-state index in [9.17, 15) is 0 Å². The summed E-state index contributed by atoms with van der Waals surface area (Å²) in [4.78, 5) is 0. The van der Waals surface area contributed by atoms with Gasteiger partial charge in [0.2, 0.25) is 0 Å². The smallest absolute Gasteiger partial charge is 0.195 e. The van der Waals surface area contributed by atoms with Gasteiger partial charge in [0, 0.05) is 16.4 Å². The lowest BCUT2D eigenvalue weighted by Gasteiger charge is -2.01. The third-order valence-corrected chi connectivity index (χ3v) is 3.13. The fourth-order valence-electron chi connectivity index (χ4n) is 1.99. The summed E-state index contributed by atoms with van der Waals surface area (Å²) < 4.78 is 5.31. The van der Waals surface area contributed by atoms with Crippen LogP contribution in [0.3, 0.4) is 0 Å². The molecule has 0 bridgehead atoms. The van der Waals surface area contributed by atoms with Crippen LogP contribution in [0.2, 0.25) is 0 Å². The van der Waals surface area contributed by atoms with Crippen LogP contribution < -0.4 is 0 Å². The van der Waals surface area contributed by atoms with Crippen molar-refractivity contribution in [2.75, 3.05) is 0 Å². The van der Waals surface area contributed by atoms with Crippen molar-refractivity contribution in [1.29, 1.82) is 0 Å². The van der Waals surface area contributed by atoms with E-state index in [0.29, 0.717) is 5.76 Å². The number of rotatable bonds is 2. The average Bonchev–Trinajstić information content (AvgIpc) is 2.90. The molecule has 94 valence electrons. The van der Waals surface area contributed by atoms with Crippen LogP contribution in [0.25, 0.3) is 22.6 Å². The fraction of sp³-hybridized carbons (Fsp3) is 0.125. The van der Waals surface area contributed by atoms with E-state index in [1.165, 1.54) is 11.1 Å². The van der Waals surface area contributed by atoms with Crippen molar-refractivity contribution in [2.24, 2.45) is 0 Å². The molecular weight excluding hydrogens is 236 g/mol. The molecule has 0 aliphatic rings. The highest BCUT2D eigenvalue weighted by molar-refractivity contribution is 5.76. The Hall–Kier alpha value is -2.42. The van der Waals surface area contributed by atoms with E-state index in [4.69, 9.17) is 4.52 Å². The maximum Gasteiger partial charge on any atom is 0.195 e. The molecule has 0 radical (unpaired) electrons. The Bertz CT molecular complexity index is 622. The molecule has 0 spiro atoms. The molecule has 1 aromatic heterocycles. The molecule has 0 saturated carbocycles. The third kappa shape index (κ3) is 2.27. The molecule has 0 aliphatic carbocycles. The first-order chi connectivity index (χ1) is 9.24. The lowest BCUT2D eigenvalue weighted by Crippen LogP contribution is -1.83. The molecule has 0 saturated heterocycles. The monoisotopic (exact) mass is 250 g/mol. The van der Waals surface area contributed by atoms with Crippen molar-refractivity contribution < 1.29 is 4.52 Å². The molecule has 0 atom stereocenters. The summed E-state index contributed by atoms with van der Waals surface area (Å²) in [6.07, 6.45) is 0. The van der Waals surface area contributed by atoms with Crippen LogP contribution in [0.4, 0.5) is 0 Å². The summed E-state index contributed by atoms with van der Waals surface area (Å²) >= 11 is 0. The van der Waals surface area contributed by atoms with Gasteiger partial charge in [-0.1, -0.05) is 59.7 Å². The van der Waals surface area contributed by atoms with Crippen LogP contribution in [0.5, 0.6) is 0 Å². The van der Waals surface area contributed by atoms with Gasteiger partial charge in [-0.25, -0.2) is 0 Å². The summed E-state index contributed by atoms with van der Waals surface area (Å²) in [5, 5.41) is 7.79. The van der Waals surface area contributed by atoms with E-state index in [-0.39, 0.29) is 0 Å². The fourth-order valence-corrected chi connectivity index (χ4v) is 1.99. The Kier molecular flexibility index (Phi) is 2.88. The van der Waals surface area contributed by atoms with Gasteiger partial charge in [0.05, 0.1) is 0 Å². The van der Waals surface area contributed by atoms with Crippen molar-refractivity contribution in [3.8, 4) is 22.6 Å². The van der Waals surface area contributed by atoms with Gasteiger partial charge in [-0.05, 0) is 13.8 Å². The van der Waals surface area contributed by atoms with Gasteiger partial charge >= 0.3 is 0 Å². The summed E-state index contributed by atoms with van der Waals surface area (Å²) in [5.74, 6) is 0.712. The number of aromatic nitrogens is 2. The molecule has 2 aromatic carbocycles. The second kappa shape index (κ2) is 4.69. The molecule has 3 aromatic rings. The van der Waals surface area contributed by atoms with Gasteiger partial charge < -0.3 is 4.52 Å². The lowest BCUT2D eigenvalue weighted by molar-refractivity contribution is 0.403. The largest absolute Gasteiger partial charge is 0.336 e. The summed E-state index contributed by atoms with van der Waals surface area (Å²) in [6, 6.07) is 16.3. The molecule has 0 aliphatic heterocycles. The van der Waals surface area contributed by atoms with Crippen LogP contribution in [-0.2, 0) is 0 Å². The zero-order valence-electron chi connectivity index (χ0n) is 10.9. The molecule has 3 nitrogen and oxygen atoms in total. The van der Waals surface area contributed by atoms with Crippen LogP contribution >= 0.6 is 0 Å². The van der Waals surface area contributed by atoms with Gasteiger partial charge in [-0.2, -0.15) is 0 Å². The van der Waals surface area contributed by atoms with Crippen LogP contribution in [0.15, 0.2) is 53.1 Å². The van der Waals surface area contributed by atoms with Crippen molar-refractivity contribution in [3.63, 3.8) is 0 Å². The highest BCUT2D eigenvalue weighted by atomic mass is 16.5. The number of benzene rings is 2. The van der Waals surface area contributed by atoms with Crippen LogP contribution in [0.1, 0.15) is 11.1 Å². The molecule has 0 unspecified atom stereocenters. The molecule has 19 heavy (non-hydrogen) atoms. The standard InChI is InChI=1S/C16H14N2O/c1-11-3-7-13(8-4-11)15-16(19-18-17-15)14-9-5-12(2)6-10-14/h3-10H,1-2H3. The molecule has 0 amide bonds. The van der Waals surface area contributed by atoms with Crippen molar-refractivity contribution in [2.45, 2.75) is 13.8 Å². The first-order valence-electron chi connectivity index (χ1n) is 6.20. The minimum absolute atomic E-state index is 0.712. The van der Waals surface area contributed by atoms with Gasteiger partial charge in [0.1, 0.15) is 5.69 Å². The first kappa shape index (κ1) is 11.7. The normalized spacial score (nSPS) is 10.6. The Labute approximate surface area is 111 Å². The van der Waals surface area contributed by atoms with E-state index < -0.39 is 0 Å². The summed E-state index contributed by atoms with van der Waals surface area (Å²) in [6.45, 7) is 4.12. The Balaban J connectivity index is 2.07. The maximum absolute atomic E-state index is 5.31. The highest BCUT2D eigenvalue weighted by Gasteiger charge is 2.14. The minimum atomic E-state index is 0.712. The summed E-state index contributed by atoms with van der Waals surface area (Å²) in [7, 11) is 0. The van der Waals surface area contributed by atoms with E-state index in [2.05, 4.69) is 48.5 Å². The third-order valence-electron chi connectivity index (χ3n) is 3.13. The number of hydrogen-bond acceptors (Lipinski definition) is 3. The minimum Gasteiger partial charge on any atom is -0.336 e. The van der Waals surface area contributed by atoms with E-state index >= 15 is 0 Å². The van der Waals surface area contributed by atoms with Gasteiger partial charge in [0.25, 0.3) is 0 Å². The van der Waals surface area contributed by atoms with Gasteiger partial charge in [-0.3, -0.25) is 0 Å². The highest BCUT2D eigenvalue weighted by Crippen LogP contribution is 2.30. The van der Waals surface area contributed by atoms with Gasteiger partial charge in [-0.15, -0.1) is 5.10 Å². The van der Waals surface area contributed by atoms with Crippen molar-refractivity contribution in [1.82, 2.24) is 10.4 Å². The molecule has 3 heteroatoms. The van der Waals surface area contributed by atoms with E-state index in [0.717, 1.165) is 16.8 Å². The van der Waals surface area contributed by atoms with Crippen molar-refractivity contribution >= 4 is 0 Å². The van der Waals surface area contributed by atoms with Crippen molar-refractivity contribution in [3.05, 3.63) is 59.7 Å². The Morgan fingerprint density at radius 3 is 1.84 bits per heavy atom. The second-order valence-corrected chi connectivity index (χ2v) is 4.68. The predicted octanol–water partition coefficient (Wildman–Crippen LogP) is 4.02. The average molecular weight is 250 g/mol. The number of aryl methyl sites for hydroxylation is 2.